The lowest BCUT2D eigenvalue weighted by molar-refractivity contribution is -0.137. The molecule has 5 rings (SSSR count). The largest absolute Gasteiger partial charge is 0.493 e. The number of H-pyrrole nitrogens is 1. The van der Waals surface area contributed by atoms with Crippen LogP contribution in [0.1, 0.15) is 67.6 Å². The highest BCUT2D eigenvalue weighted by Crippen LogP contribution is 2.40. The van der Waals surface area contributed by atoms with Gasteiger partial charge in [-0.15, -0.1) is 0 Å². The number of carbonyl (C=O) groups is 2. The smallest absolute Gasteiger partial charge is 0.416 e. The summed E-state index contributed by atoms with van der Waals surface area (Å²) in [6.07, 6.45) is -0.445. The Morgan fingerprint density at radius 2 is 1.93 bits per heavy atom. The fourth-order valence-electron chi connectivity index (χ4n) is 5.42. The number of carbonyl (C=O) groups excluding carboxylic acids is 2. The molecule has 2 fully saturated rings. The predicted molar refractivity (Wildman–Crippen MR) is 145 cm³/mol. The maximum Gasteiger partial charge on any atom is 0.416 e. The molecule has 2 aromatic heterocycles. The van der Waals surface area contributed by atoms with E-state index >= 15 is 0 Å². The molecule has 0 aliphatic heterocycles. The predicted octanol–water partition coefficient (Wildman–Crippen LogP) is 4.52. The number of hydrogen-bond donors (Lipinski definition) is 4. The van der Waals surface area contributed by atoms with Gasteiger partial charge in [0.15, 0.2) is 0 Å². The highest BCUT2D eigenvalue weighted by atomic mass is 19.4. The maximum absolute atomic E-state index is 13.6. The van der Waals surface area contributed by atoms with Gasteiger partial charge in [0.2, 0.25) is 5.91 Å². The summed E-state index contributed by atoms with van der Waals surface area (Å²) >= 11 is 0. The van der Waals surface area contributed by atoms with Gasteiger partial charge in [0.05, 0.1) is 23.3 Å². The quantitative estimate of drug-likeness (QED) is 0.314. The zero-order valence-electron chi connectivity index (χ0n) is 23.1. The molecule has 12 heteroatoms. The third-order valence-electron chi connectivity index (χ3n) is 7.94. The fraction of sp³-hybridized carbons (Fsp3) is 0.517. The highest BCUT2D eigenvalue weighted by Gasteiger charge is 2.34. The zero-order valence-corrected chi connectivity index (χ0v) is 23.1. The topological polar surface area (TPSA) is 129 Å². The molecule has 0 radical (unpaired) electrons. The maximum atomic E-state index is 13.6. The number of aliphatic hydroxyl groups excluding tert-OH is 1. The van der Waals surface area contributed by atoms with E-state index in [0.29, 0.717) is 54.1 Å². The van der Waals surface area contributed by atoms with E-state index in [1.165, 1.54) is 19.3 Å². The lowest BCUT2D eigenvalue weighted by Crippen LogP contribution is -2.49. The summed E-state index contributed by atoms with van der Waals surface area (Å²) in [5, 5.41) is 15.4. The molecule has 0 unspecified atom stereocenters. The van der Waals surface area contributed by atoms with Crippen LogP contribution in [0.15, 0.2) is 24.5 Å². The van der Waals surface area contributed by atoms with E-state index in [-0.39, 0.29) is 40.9 Å². The monoisotopic (exact) mass is 573 g/mol. The van der Waals surface area contributed by atoms with E-state index in [4.69, 9.17) is 4.74 Å². The number of ether oxygens (including phenoxy) is 1. The minimum absolute atomic E-state index is 0.0738. The molecule has 4 atom stereocenters. The Bertz CT molecular complexity index is 1450. The van der Waals surface area contributed by atoms with Crippen LogP contribution in [-0.2, 0) is 11.0 Å². The first-order valence-electron chi connectivity index (χ1n) is 13.9. The Hall–Kier alpha value is -3.67. The number of nitrogens with one attached hydrogen (secondary N) is 3. The molecule has 3 aromatic rings. The zero-order chi connectivity index (χ0) is 29.5. The summed E-state index contributed by atoms with van der Waals surface area (Å²) in [6.45, 7) is 5.52. The molecule has 2 amide bonds. The number of benzene rings is 1. The van der Waals surface area contributed by atoms with Crippen LogP contribution in [0.5, 0.6) is 5.75 Å². The van der Waals surface area contributed by atoms with Crippen LogP contribution in [0.2, 0.25) is 0 Å². The Balaban J connectivity index is 1.41. The van der Waals surface area contributed by atoms with Crippen molar-refractivity contribution in [1.82, 2.24) is 25.6 Å². The minimum Gasteiger partial charge on any atom is -0.493 e. The average Bonchev–Trinajstić information content (AvgIpc) is 3.67. The molecular weight excluding hydrogens is 539 g/mol. The van der Waals surface area contributed by atoms with Gasteiger partial charge in [-0.1, -0.05) is 6.92 Å². The normalized spacial score (nSPS) is 21.9. The van der Waals surface area contributed by atoms with E-state index in [1.807, 2.05) is 6.92 Å². The van der Waals surface area contributed by atoms with Crippen LogP contribution in [-0.4, -0.2) is 56.7 Å². The molecule has 0 bridgehead atoms. The highest BCUT2D eigenvalue weighted by molar-refractivity contribution is 6.09. The minimum atomic E-state index is -4.55. The molecule has 41 heavy (non-hydrogen) atoms. The Labute approximate surface area is 235 Å². The number of halogens is 3. The molecule has 2 aliphatic carbocycles. The first-order valence-corrected chi connectivity index (χ1v) is 13.9. The molecule has 2 heterocycles. The van der Waals surface area contributed by atoms with Gasteiger partial charge in [0.25, 0.3) is 5.91 Å². The Morgan fingerprint density at radius 1 is 1.17 bits per heavy atom. The standard InChI is InChI=1S/C29H34F3N5O4/c1-14-10-19(7-8-21(14)37-27(39)16(3)38)36-28(40)23-15(2)35-26-24(33-13-34-25(23)26)20-11-18(29(30,31)32)6-9-22(20)41-12-17-4-5-17/h6,9,11,13-14,16-17,19,21,35,38H,4-5,7-8,10,12H2,1-3H3,(H,36,40)(H,37,39)/t14-,16+,19-,21-/m1/s1. The molecule has 2 aliphatic rings. The molecule has 220 valence electrons. The van der Waals surface area contributed by atoms with E-state index in [1.54, 1.807) is 6.92 Å². The van der Waals surface area contributed by atoms with Crippen molar-refractivity contribution in [1.29, 1.82) is 0 Å². The lowest BCUT2D eigenvalue weighted by atomic mass is 9.82. The number of hydrogen-bond acceptors (Lipinski definition) is 6. The van der Waals surface area contributed by atoms with Crippen LogP contribution in [0, 0.1) is 18.8 Å². The van der Waals surface area contributed by atoms with Gasteiger partial charge in [0, 0.05) is 23.3 Å². The molecule has 1 aromatic carbocycles. The van der Waals surface area contributed by atoms with Crippen molar-refractivity contribution in [2.45, 2.75) is 77.2 Å². The Kier molecular flexibility index (Phi) is 7.95. The number of fused-ring (bicyclic) bond motifs is 1. The van der Waals surface area contributed by atoms with E-state index in [2.05, 4.69) is 25.6 Å². The van der Waals surface area contributed by atoms with Crippen LogP contribution < -0.4 is 15.4 Å². The number of aryl methyl sites for hydroxylation is 1. The summed E-state index contributed by atoms with van der Waals surface area (Å²) in [5.41, 5.74) is 1.04. The number of aromatic amines is 1. The van der Waals surface area contributed by atoms with Gasteiger partial charge in [-0.2, -0.15) is 13.2 Å². The number of aliphatic hydroxyl groups is 1. The van der Waals surface area contributed by atoms with E-state index in [0.717, 1.165) is 25.0 Å². The summed E-state index contributed by atoms with van der Waals surface area (Å²) in [5.74, 6) is -0.0143. The lowest BCUT2D eigenvalue weighted by Gasteiger charge is -2.35. The van der Waals surface area contributed by atoms with Crippen molar-refractivity contribution in [3.05, 3.63) is 41.3 Å². The van der Waals surface area contributed by atoms with Crippen LogP contribution >= 0.6 is 0 Å². The number of aromatic nitrogens is 3. The van der Waals surface area contributed by atoms with E-state index < -0.39 is 23.8 Å². The molecule has 2 saturated carbocycles. The van der Waals surface area contributed by atoms with E-state index in [9.17, 15) is 27.9 Å². The van der Waals surface area contributed by atoms with Crippen molar-refractivity contribution in [3.63, 3.8) is 0 Å². The molecule has 9 nitrogen and oxygen atoms in total. The number of amides is 2. The first kappa shape index (κ1) is 28.8. The van der Waals surface area contributed by atoms with Gasteiger partial charge < -0.3 is 25.5 Å². The van der Waals surface area contributed by atoms with Gasteiger partial charge in [-0.05, 0) is 76.0 Å². The summed E-state index contributed by atoms with van der Waals surface area (Å²) in [6, 6.07) is 3.09. The second-order valence-corrected chi connectivity index (χ2v) is 11.3. The second-order valence-electron chi connectivity index (χ2n) is 11.3. The molecular formula is C29H34F3N5O4. The molecule has 4 N–H and O–H groups in total. The van der Waals surface area contributed by atoms with Gasteiger partial charge >= 0.3 is 6.18 Å². The van der Waals surface area contributed by atoms with Crippen molar-refractivity contribution >= 4 is 22.8 Å². The van der Waals surface area contributed by atoms with Gasteiger partial charge in [-0.3, -0.25) is 9.59 Å². The van der Waals surface area contributed by atoms with Crippen LogP contribution in [0.25, 0.3) is 22.3 Å². The molecule has 0 saturated heterocycles. The fourth-order valence-corrected chi connectivity index (χ4v) is 5.42. The Morgan fingerprint density at radius 3 is 2.59 bits per heavy atom. The van der Waals surface area contributed by atoms with Gasteiger partial charge in [0.1, 0.15) is 29.4 Å². The summed E-state index contributed by atoms with van der Waals surface area (Å²) < 4.78 is 46.8. The number of alkyl halides is 3. The summed E-state index contributed by atoms with van der Waals surface area (Å²) in [4.78, 5) is 37.2. The average molecular weight is 574 g/mol. The van der Waals surface area contributed by atoms with Gasteiger partial charge in [-0.25, -0.2) is 9.97 Å². The van der Waals surface area contributed by atoms with Crippen LogP contribution in [0.4, 0.5) is 13.2 Å². The third-order valence-corrected chi connectivity index (χ3v) is 7.94. The van der Waals surface area contributed by atoms with Crippen molar-refractivity contribution < 1.29 is 32.6 Å². The van der Waals surface area contributed by atoms with Crippen LogP contribution in [0.3, 0.4) is 0 Å². The number of nitrogens with zero attached hydrogens (tertiary/aromatic N) is 2. The van der Waals surface area contributed by atoms with Crippen molar-refractivity contribution in [3.8, 4) is 17.0 Å². The SMILES string of the molecule is Cc1[nH]c2c(-c3cc(C(F)(F)F)ccc3OCC3CC3)ncnc2c1C(=O)N[C@@H]1CC[C@@H](NC(=O)[C@H](C)O)[C@H](C)C1. The van der Waals surface area contributed by atoms with Crippen molar-refractivity contribution in [2.24, 2.45) is 11.8 Å². The van der Waals surface area contributed by atoms with Crippen molar-refractivity contribution in [2.75, 3.05) is 6.61 Å². The second kappa shape index (κ2) is 11.3. The molecule has 0 spiro atoms. The summed E-state index contributed by atoms with van der Waals surface area (Å²) in [7, 11) is 0. The third kappa shape index (κ3) is 6.32. The first-order chi connectivity index (χ1) is 19.4. The number of rotatable bonds is 8.